The minimum Gasteiger partial charge on any atom is -0.224 e. The van der Waals surface area contributed by atoms with Crippen molar-refractivity contribution in [3.63, 3.8) is 0 Å². The summed E-state index contributed by atoms with van der Waals surface area (Å²) in [5.41, 5.74) is 1.05. The second kappa shape index (κ2) is 6.40. The van der Waals surface area contributed by atoms with Gasteiger partial charge in [-0.1, -0.05) is 42.0 Å². The van der Waals surface area contributed by atoms with Crippen LogP contribution in [-0.4, -0.2) is 14.2 Å². The summed E-state index contributed by atoms with van der Waals surface area (Å²) in [6.07, 6.45) is 6.36. The Bertz CT molecular complexity index is 496. The first kappa shape index (κ1) is 13.7. The third-order valence-electron chi connectivity index (χ3n) is 2.51. The van der Waals surface area contributed by atoms with E-state index < -0.39 is 9.84 Å². The monoisotopic (exact) mass is 250 g/mol. The van der Waals surface area contributed by atoms with Crippen molar-refractivity contribution < 1.29 is 8.42 Å². The first-order valence-corrected chi connectivity index (χ1v) is 7.31. The molecule has 1 aromatic rings. The van der Waals surface area contributed by atoms with Crippen molar-refractivity contribution in [2.75, 3.05) is 5.75 Å². The third-order valence-corrected chi connectivity index (χ3v) is 4.25. The van der Waals surface area contributed by atoms with Crippen molar-refractivity contribution >= 4 is 9.84 Å². The Balaban J connectivity index is 2.76. The van der Waals surface area contributed by atoms with E-state index in [0.717, 1.165) is 5.57 Å². The van der Waals surface area contributed by atoms with Crippen molar-refractivity contribution in [1.29, 1.82) is 0 Å². The van der Waals surface area contributed by atoms with E-state index in [1.807, 2.05) is 38.1 Å². The molecule has 0 bridgehead atoms. The van der Waals surface area contributed by atoms with E-state index in [-0.39, 0.29) is 5.75 Å². The van der Waals surface area contributed by atoms with Gasteiger partial charge in [-0.05, 0) is 32.4 Å². The van der Waals surface area contributed by atoms with E-state index in [1.165, 1.54) is 0 Å². The van der Waals surface area contributed by atoms with Crippen molar-refractivity contribution in [3.8, 4) is 0 Å². The lowest BCUT2D eigenvalue weighted by molar-refractivity contribution is 0.595. The lowest BCUT2D eigenvalue weighted by Gasteiger charge is -2.04. The van der Waals surface area contributed by atoms with Crippen LogP contribution in [0.1, 0.15) is 20.3 Å². The molecule has 3 heteroatoms. The number of rotatable bonds is 5. The Hall–Kier alpha value is -1.35. The van der Waals surface area contributed by atoms with Gasteiger partial charge in [-0.25, -0.2) is 8.42 Å². The van der Waals surface area contributed by atoms with Gasteiger partial charge in [0.05, 0.1) is 10.6 Å². The third kappa shape index (κ3) is 4.19. The summed E-state index contributed by atoms with van der Waals surface area (Å²) in [7, 11) is -3.16. The van der Waals surface area contributed by atoms with Gasteiger partial charge < -0.3 is 0 Å². The van der Waals surface area contributed by atoms with Gasteiger partial charge in [0, 0.05) is 0 Å². The number of hydrogen-bond donors (Lipinski definition) is 0. The molecule has 0 aliphatic carbocycles. The highest BCUT2D eigenvalue weighted by Gasteiger charge is 2.13. The fourth-order valence-corrected chi connectivity index (χ4v) is 2.85. The van der Waals surface area contributed by atoms with Gasteiger partial charge in [-0.3, -0.25) is 0 Å². The molecular formula is C14H18O2S. The molecule has 92 valence electrons. The van der Waals surface area contributed by atoms with Crippen LogP contribution in [0.4, 0.5) is 0 Å². The quantitative estimate of drug-likeness (QED) is 0.751. The Morgan fingerprint density at radius 2 is 1.82 bits per heavy atom. The largest absolute Gasteiger partial charge is 0.224 e. The van der Waals surface area contributed by atoms with Gasteiger partial charge in [-0.2, -0.15) is 0 Å². The molecule has 17 heavy (non-hydrogen) atoms. The molecule has 0 atom stereocenters. The molecule has 0 radical (unpaired) electrons. The standard InChI is InChI=1S/C14H18O2S/c1-3-8-13(4-2)11-12-17(15,16)14-9-6-5-7-10-14/h3-10H,11-12H2,1-2H3. The van der Waals surface area contributed by atoms with Crippen LogP contribution in [0.15, 0.2) is 59.0 Å². The fraction of sp³-hybridized carbons (Fsp3) is 0.286. The molecular weight excluding hydrogens is 232 g/mol. The maximum Gasteiger partial charge on any atom is 0.178 e. The summed E-state index contributed by atoms with van der Waals surface area (Å²) >= 11 is 0. The predicted octanol–water partition coefficient (Wildman–Crippen LogP) is 3.37. The zero-order valence-corrected chi connectivity index (χ0v) is 11.1. The average molecular weight is 250 g/mol. The molecule has 0 fully saturated rings. The molecule has 0 N–H and O–H groups in total. The van der Waals surface area contributed by atoms with E-state index in [0.29, 0.717) is 11.3 Å². The van der Waals surface area contributed by atoms with Crippen molar-refractivity contribution in [3.05, 3.63) is 54.1 Å². The summed E-state index contributed by atoms with van der Waals surface area (Å²) in [4.78, 5) is 0.399. The Labute approximate surface area is 104 Å². The van der Waals surface area contributed by atoms with Crippen molar-refractivity contribution in [2.45, 2.75) is 25.2 Å². The van der Waals surface area contributed by atoms with Crippen LogP contribution in [-0.2, 0) is 9.84 Å². The molecule has 0 saturated carbocycles. The van der Waals surface area contributed by atoms with E-state index in [2.05, 4.69) is 0 Å². The van der Waals surface area contributed by atoms with Crippen LogP contribution in [0.3, 0.4) is 0 Å². The van der Waals surface area contributed by atoms with Gasteiger partial charge in [0.2, 0.25) is 0 Å². The second-order valence-electron chi connectivity index (χ2n) is 3.75. The molecule has 0 saturated heterocycles. The van der Waals surface area contributed by atoms with Gasteiger partial charge >= 0.3 is 0 Å². The molecule has 1 aromatic carbocycles. The average Bonchev–Trinajstić information content (AvgIpc) is 2.35. The summed E-state index contributed by atoms with van der Waals surface area (Å²) in [5.74, 6) is 0.154. The zero-order chi connectivity index (χ0) is 12.7. The topological polar surface area (TPSA) is 34.1 Å². The van der Waals surface area contributed by atoms with E-state index >= 15 is 0 Å². The molecule has 0 aliphatic heterocycles. The Morgan fingerprint density at radius 1 is 1.18 bits per heavy atom. The molecule has 0 spiro atoms. The van der Waals surface area contributed by atoms with Gasteiger partial charge in [0.1, 0.15) is 0 Å². The van der Waals surface area contributed by atoms with E-state index in [9.17, 15) is 8.42 Å². The Morgan fingerprint density at radius 3 is 2.35 bits per heavy atom. The molecule has 0 heterocycles. The maximum atomic E-state index is 12.0. The first-order valence-electron chi connectivity index (χ1n) is 5.66. The highest BCUT2D eigenvalue weighted by molar-refractivity contribution is 7.91. The number of hydrogen-bond acceptors (Lipinski definition) is 2. The van der Waals surface area contributed by atoms with E-state index in [4.69, 9.17) is 0 Å². The van der Waals surface area contributed by atoms with Crippen LogP contribution in [0.5, 0.6) is 0 Å². The summed E-state index contributed by atoms with van der Waals surface area (Å²) in [6, 6.07) is 8.58. The Kier molecular flexibility index (Phi) is 5.16. The predicted molar refractivity (Wildman–Crippen MR) is 71.7 cm³/mol. The van der Waals surface area contributed by atoms with E-state index in [1.54, 1.807) is 24.3 Å². The summed E-state index contributed by atoms with van der Waals surface area (Å²) < 4.78 is 24.0. The van der Waals surface area contributed by atoms with Gasteiger partial charge in [-0.15, -0.1) is 0 Å². The van der Waals surface area contributed by atoms with Gasteiger partial charge in [0.15, 0.2) is 9.84 Å². The van der Waals surface area contributed by atoms with Crippen LogP contribution in [0, 0.1) is 0 Å². The number of allylic oxidation sites excluding steroid dienone is 4. The number of sulfone groups is 1. The fourth-order valence-electron chi connectivity index (χ4n) is 1.54. The second-order valence-corrected chi connectivity index (χ2v) is 5.85. The molecule has 0 amide bonds. The molecule has 0 aliphatic rings. The minimum atomic E-state index is -3.16. The highest BCUT2D eigenvalue weighted by Crippen LogP contribution is 2.14. The lowest BCUT2D eigenvalue weighted by Crippen LogP contribution is -2.07. The summed E-state index contributed by atoms with van der Waals surface area (Å²) in [6.45, 7) is 3.85. The molecule has 0 aromatic heterocycles. The van der Waals surface area contributed by atoms with Crippen LogP contribution >= 0.6 is 0 Å². The van der Waals surface area contributed by atoms with Crippen LogP contribution < -0.4 is 0 Å². The molecule has 1 rings (SSSR count). The molecule has 0 unspecified atom stereocenters. The lowest BCUT2D eigenvalue weighted by atomic mass is 10.2. The normalized spacial score (nSPS) is 13.2. The maximum absolute atomic E-state index is 12.0. The first-order chi connectivity index (χ1) is 8.10. The smallest absolute Gasteiger partial charge is 0.178 e. The van der Waals surface area contributed by atoms with Gasteiger partial charge in [0.25, 0.3) is 0 Å². The highest BCUT2D eigenvalue weighted by atomic mass is 32.2. The van der Waals surface area contributed by atoms with Crippen LogP contribution in [0.25, 0.3) is 0 Å². The number of benzene rings is 1. The summed E-state index contributed by atoms with van der Waals surface area (Å²) in [5, 5.41) is 0. The minimum absolute atomic E-state index is 0.154. The SMILES string of the molecule is CC=CC(=CC)CCS(=O)(=O)c1ccccc1. The van der Waals surface area contributed by atoms with Crippen molar-refractivity contribution in [1.82, 2.24) is 0 Å². The molecule has 2 nitrogen and oxygen atoms in total. The zero-order valence-electron chi connectivity index (χ0n) is 10.3. The van der Waals surface area contributed by atoms with Crippen molar-refractivity contribution in [2.24, 2.45) is 0 Å². The van der Waals surface area contributed by atoms with Crippen LogP contribution in [0.2, 0.25) is 0 Å².